The maximum Gasteiger partial charge on any atom is 0.351 e. The summed E-state index contributed by atoms with van der Waals surface area (Å²) in [5.41, 5.74) is 4.90. The van der Waals surface area contributed by atoms with E-state index in [1.807, 2.05) is 6.26 Å². The highest BCUT2D eigenvalue weighted by Crippen LogP contribution is 2.16. The molecule has 0 aliphatic heterocycles. The van der Waals surface area contributed by atoms with E-state index in [0.717, 1.165) is 0 Å². The molecule has 1 rings (SSSR count). The van der Waals surface area contributed by atoms with Crippen molar-refractivity contribution < 1.29 is 14.9 Å². The molecule has 108 valence electrons. The van der Waals surface area contributed by atoms with Gasteiger partial charge in [0, 0.05) is 11.9 Å². The third-order valence-electron chi connectivity index (χ3n) is 2.52. The first-order chi connectivity index (χ1) is 8.99. The SMILES string of the molecule is CSC[C@@H](O[C@H](CO)C(C)O)n1ccc(N)nc1=O. The molecule has 1 aromatic heterocycles. The van der Waals surface area contributed by atoms with Gasteiger partial charge in [-0.2, -0.15) is 16.7 Å². The Morgan fingerprint density at radius 2 is 2.32 bits per heavy atom. The van der Waals surface area contributed by atoms with Crippen molar-refractivity contribution in [2.45, 2.75) is 25.4 Å². The van der Waals surface area contributed by atoms with E-state index in [4.69, 9.17) is 15.6 Å². The lowest BCUT2D eigenvalue weighted by Crippen LogP contribution is -2.37. The van der Waals surface area contributed by atoms with Crippen LogP contribution in [-0.4, -0.2) is 50.6 Å². The number of aliphatic hydroxyl groups is 2. The second kappa shape index (κ2) is 7.49. The smallest absolute Gasteiger partial charge is 0.351 e. The van der Waals surface area contributed by atoms with Crippen LogP contribution in [0.15, 0.2) is 17.1 Å². The maximum absolute atomic E-state index is 11.8. The van der Waals surface area contributed by atoms with Crippen LogP contribution >= 0.6 is 11.8 Å². The van der Waals surface area contributed by atoms with E-state index in [-0.39, 0.29) is 12.4 Å². The average molecular weight is 289 g/mol. The summed E-state index contributed by atoms with van der Waals surface area (Å²) in [5.74, 6) is 0.618. The highest BCUT2D eigenvalue weighted by atomic mass is 32.2. The van der Waals surface area contributed by atoms with Gasteiger partial charge in [0.1, 0.15) is 18.1 Å². The fraction of sp³-hybridized carbons (Fsp3) is 0.636. The third kappa shape index (κ3) is 4.50. The van der Waals surface area contributed by atoms with Crippen molar-refractivity contribution in [2.75, 3.05) is 24.3 Å². The maximum atomic E-state index is 11.8. The molecule has 0 radical (unpaired) electrons. The highest BCUT2D eigenvalue weighted by Gasteiger charge is 2.22. The number of nitrogens with zero attached hydrogens (tertiary/aromatic N) is 2. The quantitative estimate of drug-likeness (QED) is 0.617. The monoisotopic (exact) mass is 289 g/mol. The van der Waals surface area contributed by atoms with Crippen molar-refractivity contribution in [3.63, 3.8) is 0 Å². The summed E-state index contributed by atoms with van der Waals surface area (Å²) in [6.45, 7) is 1.18. The second-order valence-electron chi connectivity index (χ2n) is 4.05. The van der Waals surface area contributed by atoms with E-state index in [1.54, 1.807) is 0 Å². The fourth-order valence-electron chi connectivity index (χ4n) is 1.48. The molecule has 19 heavy (non-hydrogen) atoms. The molecule has 0 aliphatic rings. The predicted molar refractivity (Wildman–Crippen MR) is 74.0 cm³/mol. The fourth-order valence-corrected chi connectivity index (χ4v) is 2.01. The summed E-state index contributed by atoms with van der Waals surface area (Å²) >= 11 is 1.47. The van der Waals surface area contributed by atoms with Crippen LogP contribution in [0, 0.1) is 0 Å². The molecule has 4 N–H and O–H groups in total. The van der Waals surface area contributed by atoms with Crippen LogP contribution in [0.1, 0.15) is 13.2 Å². The van der Waals surface area contributed by atoms with Gasteiger partial charge < -0.3 is 20.7 Å². The molecular formula is C11H19N3O4S. The van der Waals surface area contributed by atoms with Crippen molar-refractivity contribution in [1.82, 2.24) is 9.55 Å². The van der Waals surface area contributed by atoms with Crippen LogP contribution in [0.25, 0.3) is 0 Å². The molecule has 1 heterocycles. The first-order valence-electron chi connectivity index (χ1n) is 5.77. The standard InChI is InChI=1S/C11H19N3O4S/c1-7(16)8(5-15)18-10(6-19-2)14-4-3-9(12)13-11(14)17/h3-4,7-8,10,15-16H,5-6H2,1-2H3,(H2,12,13,17)/t7?,8-,10-/m1/s1. The topological polar surface area (TPSA) is 111 Å². The van der Waals surface area contributed by atoms with Crippen LogP contribution in [0.3, 0.4) is 0 Å². The Hall–Kier alpha value is -1.09. The number of rotatable bonds is 7. The molecular weight excluding hydrogens is 270 g/mol. The molecule has 3 atom stereocenters. The van der Waals surface area contributed by atoms with E-state index < -0.39 is 24.1 Å². The van der Waals surface area contributed by atoms with Crippen LogP contribution < -0.4 is 11.4 Å². The molecule has 0 fully saturated rings. The van der Waals surface area contributed by atoms with Crippen LogP contribution in [0.4, 0.5) is 5.82 Å². The second-order valence-corrected chi connectivity index (χ2v) is 4.96. The Bertz CT molecular complexity index is 452. The number of thioether (sulfide) groups is 1. The number of nitrogens with two attached hydrogens (primary N) is 1. The van der Waals surface area contributed by atoms with E-state index in [0.29, 0.717) is 5.75 Å². The summed E-state index contributed by atoms with van der Waals surface area (Å²) in [7, 11) is 0. The van der Waals surface area contributed by atoms with Gasteiger partial charge in [0.2, 0.25) is 0 Å². The van der Waals surface area contributed by atoms with Crippen LogP contribution in [-0.2, 0) is 4.74 Å². The van der Waals surface area contributed by atoms with E-state index in [2.05, 4.69) is 4.98 Å². The van der Waals surface area contributed by atoms with Crippen molar-refractivity contribution in [3.05, 3.63) is 22.7 Å². The van der Waals surface area contributed by atoms with E-state index in [9.17, 15) is 9.90 Å². The van der Waals surface area contributed by atoms with Crippen LogP contribution in [0.5, 0.6) is 0 Å². The summed E-state index contributed by atoms with van der Waals surface area (Å²) in [6.07, 6.45) is 1.13. The zero-order valence-corrected chi connectivity index (χ0v) is 11.7. The van der Waals surface area contributed by atoms with Gasteiger partial charge in [-0.3, -0.25) is 4.57 Å². The summed E-state index contributed by atoms with van der Waals surface area (Å²) < 4.78 is 6.86. The first-order valence-corrected chi connectivity index (χ1v) is 7.17. The van der Waals surface area contributed by atoms with Gasteiger partial charge in [-0.1, -0.05) is 0 Å². The van der Waals surface area contributed by atoms with Crippen molar-refractivity contribution in [2.24, 2.45) is 0 Å². The molecule has 0 spiro atoms. The van der Waals surface area contributed by atoms with Crippen LogP contribution in [0.2, 0.25) is 0 Å². The Labute approximate surface area is 115 Å². The normalized spacial score (nSPS) is 16.0. The lowest BCUT2D eigenvalue weighted by molar-refractivity contribution is -0.111. The molecule has 0 bridgehead atoms. The minimum absolute atomic E-state index is 0.137. The highest BCUT2D eigenvalue weighted by molar-refractivity contribution is 7.98. The molecule has 8 heteroatoms. The number of nitrogen functional groups attached to an aromatic ring is 1. The molecule has 7 nitrogen and oxygen atoms in total. The lowest BCUT2D eigenvalue weighted by atomic mass is 10.2. The van der Waals surface area contributed by atoms with Gasteiger partial charge in [0.05, 0.1) is 12.7 Å². The minimum Gasteiger partial charge on any atom is -0.394 e. The van der Waals surface area contributed by atoms with E-state index >= 15 is 0 Å². The minimum atomic E-state index is -0.841. The third-order valence-corrected chi connectivity index (χ3v) is 3.14. The van der Waals surface area contributed by atoms with Crippen molar-refractivity contribution in [1.29, 1.82) is 0 Å². The largest absolute Gasteiger partial charge is 0.394 e. The first kappa shape index (κ1) is 16.0. The lowest BCUT2D eigenvalue weighted by Gasteiger charge is -2.26. The molecule has 0 saturated carbocycles. The molecule has 1 aromatic rings. The van der Waals surface area contributed by atoms with Gasteiger partial charge in [0.15, 0.2) is 0 Å². The summed E-state index contributed by atoms with van der Waals surface area (Å²) in [6, 6.07) is 1.49. The number of hydrogen-bond acceptors (Lipinski definition) is 7. The molecule has 0 aromatic carbocycles. The number of aliphatic hydroxyl groups excluding tert-OH is 2. The number of hydrogen-bond donors (Lipinski definition) is 3. The van der Waals surface area contributed by atoms with Gasteiger partial charge >= 0.3 is 5.69 Å². The number of aromatic nitrogens is 2. The number of anilines is 1. The van der Waals surface area contributed by atoms with Gasteiger partial charge in [-0.15, -0.1) is 0 Å². The Morgan fingerprint density at radius 1 is 1.63 bits per heavy atom. The van der Waals surface area contributed by atoms with Crippen molar-refractivity contribution >= 4 is 17.6 Å². The zero-order chi connectivity index (χ0) is 14.4. The van der Waals surface area contributed by atoms with E-state index in [1.165, 1.54) is 35.5 Å². The average Bonchev–Trinajstić information content (AvgIpc) is 2.34. The van der Waals surface area contributed by atoms with Crippen molar-refractivity contribution in [3.8, 4) is 0 Å². The van der Waals surface area contributed by atoms with Gasteiger partial charge in [0.25, 0.3) is 0 Å². The molecule has 0 amide bonds. The Morgan fingerprint density at radius 3 is 2.79 bits per heavy atom. The molecule has 1 unspecified atom stereocenters. The number of ether oxygens (including phenoxy) is 1. The zero-order valence-electron chi connectivity index (χ0n) is 10.9. The summed E-state index contributed by atoms with van der Waals surface area (Å²) in [5, 5.41) is 18.6. The summed E-state index contributed by atoms with van der Waals surface area (Å²) in [4.78, 5) is 15.4. The van der Waals surface area contributed by atoms with Gasteiger partial charge in [-0.05, 0) is 19.2 Å². The Balaban J connectivity index is 2.96. The van der Waals surface area contributed by atoms with Gasteiger partial charge in [-0.25, -0.2) is 4.79 Å². The molecule has 0 saturated heterocycles. The molecule has 0 aliphatic carbocycles. The Kier molecular flexibility index (Phi) is 6.29. The predicted octanol–water partition coefficient (Wildman–Crippen LogP) is -0.555.